The quantitative estimate of drug-likeness (QED) is 0.371. The van der Waals surface area contributed by atoms with Crippen molar-refractivity contribution >= 4 is 39.4 Å². The van der Waals surface area contributed by atoms with Gasteiger partial charge in [0.2, 0.25) is 10.0 Å². The molecule has 1 heterocycles. The number of nitrogens with one attached hydrogen (secondary N) is 1. The zero-order valence-electron chi connectivity index (χ0n) is 19.6. The maximum Gasteiger partial charge on any atom is 0.263 e. The highest BCUT2D eigenvalue weighted by Gasteiger charge is 2.29. The summed E-state index contributed by atoms with van der Waals surface area (Å²) in [5.41, 5.74) is 6.50. The van der Waals surface area contributed by atoms with Gasteiger partial charge in [0.05, 0.1) is 25.3 Å². The Bertz CT molecular complexity index is 1300. The van der Waals surface area contributed by atoms with Gasteiger partial charge in [0.15, 0.2) is 0 Å². The first-order valence-electron chi connectivity index (χ1n) is 10.4. The molecule has 0 bridgehead atoms. The van der Waals surface area contributed by atoms with Gasteiger partial charge in [0.25, 0.3) is 5.91 Å². The first-order valence-corrected chi connectivity index (χ1v) is 12.7. The molecule has 1 aromatic heterocycles. The second-order valence-corrected chi connectivity index (χ2v) is 10.1. The number of nitrogens with zero attached hydrogens (tertiary/aromatic N) is 3. The average Bonchev–Trinajstić information content (AvgIpc) is 3.07. The van der Waals surface area contributed by atoms with Gasteiger partial charge in [-0.15, -0.1) is 0 Å². The lowest BCUT2D eigenvalue weighted by molar-refractivity contribution is -0.121. The predicted molar refractivity (Wildman–Crippen MR) is 136 cm³/mol. The van der Waals surface area contributed by atoms with Crippen LogP contribution in [0.25, 0.3) is 5.69 Å². The van der Waals surface area contributed by atoms with Gasteiger partial charge < -0.3 is 9.30 Å². The molecule has 0 fully saturated rings. The van der Waals surface area contributed by atoms with E-state index in [0.717, 1.165) is 33.2 Å². The lowest BCUT2D eigenvalue weighted by atomic mass is 10.2. The number of sulfonamides is 1. The van der Waals surface area contributed by atoms with Crippen molar-refractivity contribution in [3.05, 3.63) is 76.6 Å². The SMILES string of the molecule is COc1ccc(N([C@H](C)C(=O)N/N=C\c2cc(C)n(-c3ccc(Cl)cc3)c2C)S(C)(=O)=O)cc1. The summed E-state index contributed by atoms with van der Waals surface area (Å²) in [5, 5.41) is 4.73. The number of methoxy groups -OCH3 is 1. The molecule has 0 aliphatic rings. The number of anilines is 1. The fourth-order valence-electron chi connectivity index (χ4n) is 3.70. The molecule has 1 amide bonds. The normalized spacial score (nSPS) is 12.5. The van der Waals surface area contributed by atoms with Gasteiger partial charge in [0.1, 0.15) is 11.8 Å². The number of rotatable bonds is 8. The fourth-order valence-corrected chi connectivity index (χ4v) is 5.00. The summed E-state index contributed by atoms with van der Waals surface area (Å²) in [6.45, 7) is 5.42. The molecule has 0 radical (unpaired) electrons. The Kier molecular flexibility index (Phi) is 7.68. The molecule has 1 atom stereocenters. The van der Waals surface area contributed by atoms with E-state index in [1.807, 2.05) is 44.2 Å². The Morgan fingerprint density at radius 1 is 1.15 bits per heavy atom. The van der Waals surface area contributed by atoms with Crippen LogP contribution in [0.4, 0.5) is 5.69 Å². The zero-order valence-corrected chi connectivity index (χ0v) is 21.2. The zero-order chi connectivity index (χ0) is 25.0. The smallest absolute Gasteiger partial charge is 0.263 e. The van der Waals surface area contributed by atoms with Crippen LogP contribution in [0.15, 0.2) is 59.7 Å². The van der Waals surface area contributed by atoms with Gasteiger partial charge in [-0.2, -0.15) is 5.10 Å². The number of ether oxygens (including phenoxy) is 1. The van der Waals surface area contributed by atoms with Crippen LogP contribution < -0.4 is 14.5 Å². The van der Waals surface area contributed by atoms with E-state index in [9.17, 15) is 13.2 Å². The topological polar surface area (TPSA) is 93.0 Å². The number of hydrogen-bond donors (Lipinski definition) is 1. The second kappa shape index (κ2) is 10.3. The van der Waals surface area contributed by atoms with Crippen molar-refractivity contribution in [2.75, 3.05) is 17.7 Å². The largest absolute Gasteiger partial charge is 0.497 e. The fraction of sp³-hybridized carbons (Fsp3) is 0.250. The van der Waals surface area contributed by atoms with Crippen molar-refractivity contribution in [2.24, 2.45) is 5.10 Å². The molecule has 0 aliphatic carbocycles. The van der Waals surface area contributed by atoms with Crippen LogP contribution in [0.5, 0.6) is 5.75 Å². The molecule has 10 heteroatoms. The average molecular weight is 503 g/mol. The Labute approximate surface area is 204 Å². The summed E-state index contributed by atoms with van der Waals surface area (Å²) in [4.78, 5) is 12.8. The first-order chi connectivity index (χ1) is 16.0. The van der Waals surface area contributed by atoms with E-state index in [1.165, 1.54) is 20.2 Å². The Balaban J connectivity index is 1.78. The van der Waals surface area contributed by atoms with E-state index in [-0.39, 0.29) is 0 Å². The highest BCUT2D eigenvalue weighted by molar-refractivity contribution is 7.92. The molecule has 0 saturated heterocycles. The lowest BCUT2D eigenvalue weighted by Gasteiger charge is -2.27. The number of carbonyl (C=O) groups excluding carboxylic acids is 1. The van der Waals surface area contributed by atoms with Gasteiger partial charge >= 0.3 is 0 Å². The third kappa shape index (κ3) is 5.60. The number of hydrogen-bond acceptors (Lipinski definition) is 5. The van der Waals surface area contributed by atoms with Crippen molar-refractivity contribution in [3.8, 4) is 11.4 Å². The Hall–Kier alpha value is -3.30. The van der Waals surface area contributed by atoms with Crippen LogP contribution >= 0.6 is 11.6 Å². The monoisotopic (exact) mass is 502 g/mol. The van der Waals surface area contributed by atoms with E-state index < -0.39 is 22.0 Å². The number of amides is 1. The molecule has 3 rings (SSSR count). The van der Waals surface area contributed by atoms with Crippen molar-refractivity contribution in [1.82, 2.24) is 9.99 Å². The molecule has 0 aliphatic heterocycles. The molecule has 0 spiro atoms. The number of aryl methyl sites for hydroxylation is 1. The summed E-state index contributed by atoms with van der Waals surface area (Å²) < 4.78 is 33.1. The van der Waals surface area contributed by atoms with E-state index in [1.54, 1.807) is 24.3 Å². The molecule has 180 valence electrons. The minimum atomic E-state index is -3.73. The van der Waals surface area contributed by atoms with Crippen LogP contribution in [0.3, 0.4) is 0 Å². The molecule has 8 nitrogen and oxygen atoms in total. The summed E-state index contributed by atoms with van der Waals surface area (Å²) in [6, 6.07) is 14.8. The van der Waals surface area contributed by atoms with Gasteiger partial charge in [0, 0.05) is 27.7 Å². The van der Waals surface area contributed by atoms with Crippen molar-refractivity contribution < 1.29 is 17.9 Å². The number of carbonyl (C=O) groups is 1. The van der Waals surface area contributed by atoms with Gasteiger partial charge in [-0.05, 0) is 75.4 Å². The van der Waals surface area contributed by atoms with Crippen LogP contribution in [-0.2, 0) is 14.8 Å². The molecular weight excluding hydrogens is 476 g/mol. The molecule has 2 aromatic carbocycles. The molecule has 0 saturated carbocycles. The summed E-state index contributed by atoms with van der Waals surface area (Å²) in [5.74, 6) is 0.0131. The first kappa shape index (κ1) is 25.3. The minimum absolute atomic E-state index is 0.349. The summed E-state index contributed by atoms with van der Waals surface area (Å²) in [6.07, 6.45) is 2.59. The van der Waals surface area contributed by atoms with E-state index in [0.29, 0.717) is 16.5 Å². The third-order valence-electron chi connectivity index (χ3n) is 5.35. The molecule has 34 heavy (non-hydrogen) atoms. The number of aromatic nitrogens is 1. The maximum atomic E-state index is 12.8. The van der Waals surface area contributed by atoms with Crippen LogP contribution in [-0.4, -0.2) is 44.5 Å². The lowest BCUT2D eigenvalue weighted by Crippen LogP contribution is -2.46. The van der Waals surface area contributed by atoms with Crippen LogP contribution in [0, 0.1) is 13.8 Å². The van der Waals surface area contributed by atoms with Crippen molar-refractivity contribution in [3.63, 3.8) is 0 Å². The predicted octanol–water partition coefficient (Wildman–Crippen LogP) is 4.06. The van der Waals surface area contributed by atoms with E-state index in [2.05, 4.69) is 15.1 Å². The Morgan fingerprint density at radius 3 is 2.32 bits per heavy atom. The molecule has 1 N–H and O–H groups in total. The Morgan fingerprint density at radius 2 is 1.76 bits per heavy atom. The second-order valence-electron chi connectivity index (χ2n) is 7.81. The highest BCUT2D eigenvalue weighted by Crippen LogP contribution is 2.24. The third-order valence-corrected chi connectivity index (χ3v) is 6.84. The van der Waals surface area contributed by atoms with Gasteiger partial charge in [-0.3, -0.25) is 9.10 Å². The molecular formula is C24H27ClN4O4S. The number of hydrazone groups is 1. The summed E-state index contributed by atoms with van der Waals surface area (Å²) in [7, 11) is -2.22. The molecule has 0 unspecified atom stereocenters. The highest BCUT2D eigenvalue weighted by atomic mass is 35.5. The van der Waals surface area contributed by atoms with E-state index in [4.69, 9.17) is 16.3 Å². The van der Waals surface area contributed by atoms with Crippen molar-refractivity contribution in [1.29, 1.82) is 0 Å². The maximum absolute atomic E-state index is 12.8. The number of benzene rings is 2. The van der Waals surface area contributed by atoms with Crippen LogP contribution in [0.2, 0.25) is 5.02 Å². The van der Waals surface area contributed by atoms with Crippen LogP contribution in [0.1, 0.15) is 23.9 Å². The standard InChI is InChI=1S/C24H27ClN4O4S/c1-16-14-19(17(2)28(16)21-8-6-20(25)7-9-21)15-26-27-24(30)18(3)29(34(5,31)32)22-10-12-23(33-4)13-11-22/h6-15,18H,1-5H3,(H,27,30)/b26-15-/t18-/m1/s1. The van der Waals surface area contributed by atoms with Gasteiger partial charge in [-0.1, -0.05) is 11.6 Å². The van der Waals surface area contributed by atoms with Crippen molar-refractivity contribution in [2.45, 2.75) is 26.8 Å². The minimum Gasteiger partial charge on any atom is -0.497 e. The van der Waals surface area contributed by atoms with E-state index >= 15 is 0 Å². The number of halogens is 1. The molecule has 3 aromatic rings. The van der Waals surface area contributed by atoms with Gasteiger partial charge in [-0.25, -0.2) is 13.8 Å². The summed E-state index contributed by atoms with van der Waals surface area (Å²) >= 11 is 5.99.